The average Bonchev–Trinajstić information content (AvgIpc) is 3.36. The van der Waals surface area contributed by atoms with Crippen molar-refractivity contribution in [1.82, 2.24) is 9.78 Å². The van der Waals surface area contributed by atoms with Crippen LogP contribution in [-0.2, 0) is 30.4 Å². The topological polar surface area (TPSA) is 237 Å². The number of nitrogens with one attached hydrogen (secondary N) is 1. The second-order valence-electron chi connectivity index (χ2n) is 12.2. The molecule has 1 aromatic heterocycles. The minimum atomic E-state index is -4.41. The van der Waals surface area contributed by atoms with Crippen molar-refractivity contribution < 1.29 is 134 Å². The number of nitrogens with zero attached hydrogens (tertiary/aromatic N) is 7. The number of hydrogen-bond donors (Lipinski definition) is 1. The molecule has 3 rings (SSSR count). The van der Waals surface area contributed by atoms with E-state index in [1.165, 1.54) is 23.7 Å². The Morgan fingerprint density at radius 1 is 0.923 bits per heavy atom. The number of halogens is 2. The number of amides is 1. The van der Waals surface area contributed by atoms with Crippen LogP contribution in [0.4, 0.5) is 22.9 Å². The molecule has 0 bridgehead atoms. The zero-order chi connectivity index (χ0) is 37.4. The third kappa shape index (κ3) is 15.0. The first-order valence-corrected chi connectivity index (χ1v) is 19.0. The third-order valence-electron chi connectivity index (χ3n) is 7.09. The van der Waals surface area contributed by atoms with Gasteiger partial charge < -0.3 is 19.3 Å². The molecule has 0 aliphatic heterocycles. The van der Waals surface area contributed by atoms with Crippen molar-refractivity contribution in [3.05, 3.63) is 57.2 Å². The Labute approximate surface area is 398 Å². The van der Waals surface area contributed by atoms with Crippen molar-refractivity contribution in [3.8, 4) is 17.8 Å². The molecular weight excluding hydrogens is 810 g/mol. The number of carbonyl (C=O) groups is 1. The van der Waals surface area contributed by atoms with Crippen molar-refractivity contribution in [1.29, 1.82) is 10.5 Å². The Morgan fingerprint density at radius 3 is 1.90 bits per heavy atom. The van der Waals surface area contributed by atoms with Crippen molar-refractivity contribution in [2.45, 2.75) is 58.8 Å². The number of unbranched alkanes of at least 4 members (excludes halogenated alkanes) is 2. The largest absolute Gasteiger partial charge is 1.00 e. The summed E-state index contributed by atoms with van der Waals surface area (Å²) in [7, 11) is -8.83. The molecule has 0 unspecified atom stereocenters. The van der Waals surface area contributed by atoms with Crippen LogP contribution in [0.25, 0.3) is 5.69 Å². The van der Waals surface area contributed by atoms with E-state index in [2.05, 4.69) is 26.7 Å². The van der Waals surface area contributed by atoms with Gasteiger partial charge in [-0.05, 0) is 56.0 Å². The average molecular weight is 844 g/mol. The van der Waals surface area contributed by atoms with Crippen LogP contribution >= 0.6 is 23.2 Å². The molecule has 1 heterocycles. The van der Waals surface area contributed by atoms with Crippen LogP contribution in [-0.4, -0.2) is 66.2 Å². The fraction of sp³-hybridized carbons (Fsp3) is 0.419. The molecule has 2 aromatic carbocycles. The van der Waals surface area contributed by atoms with Gasteiger partial charge in [0.1, 0.15) is 23.0 Å². The maximum atomic E-state index is 12.2. The monoisotopic (exact) mass is 842 g/mol. The number of azo groups is 1. The van der Waals surface area contributed by atoms with Crippen LogP contribution in [0.5, 0.6) is 0 Å². The summed E-state index contributed by atoms with van der Waals surface area (Å²) >= 11 is 13.1. The fourth-order valence-electron chi connectivity index (χ4n) is 4.85. The van der Waals surface area contributed by atoms with E-state index in [1.807, 2.05) is 26.8 Å². The second kappa shape index (κ2) is 21.5. The van der Waals surface area contributed by atoms with Gasteiger partial charge in [-0.2, -0.15) is 15.6 Å². The van der Waals surface area contributed by atoms with Crippen LogP contribution in [0, 0.1) is 22.7 Å². The van der Waals surface area contributed by atoms with Gasteiger partial charge in [0, 0.05) is 42.6 Å². The molecule has 3 aromatic rings. The number of hydrogen-bond acceptors (Lipinski definition) is 13. The molecule has 0 spiro atoms. The normalized spacial score (nSPS) is 11.7. The molecule has 0 fully saturated rings. The summed E-state index contributed by atoms with van der Waals surface area (Å²) in [5.74, 6) is -1.57. The predicted octanol–water partition coefficient (Wildman–Crippen LogP) is 0.0590. The number of carbonyl (C=O) groups excluding carboxylic acids is 1. The molecule has 0 atom stereocenters. The van der Waals surface area contributed by atoms with E-state index in [0.717, 1.165) is 0 Å². The zero-order valence-corrected chi connectivity index (χ0v) is 39.0. The van der Waals surface area contributed by atoms with Gasteiger partial charge in [-0.1, -0.05) is 44.0 Å². The summed E-state index contributed by atoms with van der Waals surface area (Å²) in [6.45, 7) is 7.37. The molecule has 268 valence electrons. The number of aromatic nitrogens is 2. The third-order valence-corrected chi connectivity index (χ3v) is 9.25. The summed E-state index contributed by atoms with van der Waals surface area (Å²) in [6.07, 6.45) is 0.771. The van der Waals surface area contributed by atoms with Crippen LogP contribution in [0.2, 0.25) is 10.0 Å². The van der Waals surface area contributed by atoms with Gasteiger partial charge in [0.25, 0.3) is 0 Å². The summed E-state index contributed by atoms with van der Waals surface area (Å²) in [4.78, 5) is 14.0. The molecule has 0 aliphatic rings. The number of rotatable bonds is 15. The summed E-state index contributed by atoms with van der Waals surface area (Å²) in [5, 5.41) is 35.7. The molecule has 15 nitrogen and oxygen atoms in total. The molecule has 0 radical (unpaired) electrons. The van der Waals surface area contributed by atoms with E-state index in [4.69, 9.17) is 23.2 Å². The van der Waals surface area contributed by atoms with Gasteiger partial charge in [-0.15, -0.1) is 10.2 Å². The first kappa shape index (κ1) is 49.2. The Balaban J connectivity index is 0.00000676. The van der Waals surface area contributed by atoms with Crippen molar-refractivity contribution in [2.75, 3.05) is 34.8 Å². The Morgan fingerprint density at radius 2 is 1.46 bits per heavy atom. The number of nitriles is 2. The Bertz CT molecular complexity index is 2030. The van der Waals surface area contributed by atoms with Gasteiger partial charge in [0.15, 0.2) is 5.82 Å². The Hall–Kier alpha value is -0.827. The molecule has 1 N–H and O–H groups in total. The second-order valence-corrected chi connectivity index (χ2v) is 16.1. The van der Waals surface area contributed by atoms with Gasteiger partial charge in [0.2, 0.25) is 5.91 Å². The zero-order valence-electron chi connectivity index (χ0n) is 29.6. The van der Waals surface area contributed by atoms with E-state index in [0.29, 0.717) is 24.2 Å². The van der Waals surface area contributed by atoms with Crippen molar-refractivity contribution >= 4 is 72.2 Å². The summed E-state index contributed by atoms with van der Waals surface area (Å²) in [5.41, 5.74) is 1.11. The van der Waals surface area contributed by atoms with E-state index >= 15 is 0 Å². The predicted molar refractivity (Wildman–Crippen MR) is 186 cm³/mol. The molecule has 21 heteroatoms. The Kier molecular flexibility index (Phi) is 20.3. The molecular formula is C31H34Cl2K2N8O7S2. The van der Waals surface area contributed by atoms with E-state index in [-0.39, 0.29) is 173 Å². The van der Waals surface area contributed by atoms with Gasteiger partial charge in [-0.25, -0.2) is 21.5 Å². The fourth-order valence-corrected chi connectivity index (χ4v) is 6.61. The van der Waals surface area contributed by atoms with Gasteiger partial charge in [-0.3, -0.25) is 4.79 Å². The minimum absolute atomic E-state index is 0. The first-order chi connectivity index (χ1) is 23.2. The van der Waals surface area contributed by atoms with Gasteiger partial charge in [0.05, 0.1) is 53.3 Å². The maximum Gasteiger partial charge on any atom is 1.00 e. The minimum Gasteiger partial charge on any atom is -0.748 e. The molecule has 0 saturated heterocycles. The van der Waals surface area contributed by atoms with Crippen LogP contribution < -0.4 is 113 Å². The molecule has 52 heavy (non-hydrogen) atoms. The first-order valence-electron chi connectivity index (χ1n) is 15.1. The standard InChI is InChI=1S/C31H36Cl2N8O7S2.2K/c1-20(42)36-27-17-22(40(11-5-7-13-49(43,44)45)12-6-8-14-50(46,47)48)9-10-26(27)37-38-30-23(19-35)29(31(2,3)4)39-41(30)28-24(32)15-21(18-34)16-25(28)33;;/h9-10,15-17H,5-8,11-14H2,1-4H3,(H,36,42)(H,43,44,45)(H,46,47,48);;/q;2*+1/p-2. The van der Waals surface area contributed by atoms with Crippen LogP contribution in [0.1, 0.15) is 70.2 Å². The van der Waals surface area contributed by atoms with E-state index in [1.54, 1.807) is 23.1 Å². The van der Waals surface area contributed by atoms with Crippen LogP contribution in [0.15, 0.2) is 40.6 Å². The number of anilines is 2. The van der Waals surface area contributed by atoms with Gasteiger partial charge >= 0.3 is 103 Å². The smallest absolute Gasteiger partial charge is 0.748 e. The van der Waals surface area contributed by atoms with Crippen molar-refractivity contribution in [3.63, 3.8) is 0 Å². The van der Waals surface area contributed by atoms with E-state index < -0.39 is 43.1 Å². The molecule has 0 aliphatic carbocycles. The number of benzene rings is 2. The molecule has 1 amide bonds. The van der Waals surface area contributed by atoms with Crippen molar-refractivity contribution in [2.24, 2.45) is 10.2 Å². The summed E-state index contributed by atoms with van der Waals surface area (Å²) in [6, 6.07) is 11.7. The molecule has 0 saturated carbocycles. The summed E-state index contributed by atoms with van der Waals surface area (Å²) < 4.78 is 67.8. The maximum absolute atomic E-state index is 12.2. The van der Waals surface area contributed by atoms with Crippen LogP contribution in [0.3, 0.4) is 0 Å². The van der Waals surface area contributed by atoms with E-state index in [9.17, 15) is 41.3 Å². The quantitative estimate of drug-likeness (QED) is 0.0930. The SMILES string of the molecule is CC(=O)Nc1cc(N(CCCCS(=O)(=O)[O-])CCCCS(=O)(=O)[O-])ccc1N=Nc1c(C#N)c(C(C)(C)C)nn1-c1c(Cl)cc(C#N)cc1Cl.[K+].[K+].